The van der Waals surface area contributed by atoms with E-state index in [0.717, 1.165) is 16.7 Å². The summed E-state index contributed by atoms with van der Waals surface area (Å²) in [6, 6.07) is 6.08. The van der Waals surface area contributed by atoms with Gasteiger partial charge in [-0.3, -0.25) is 0 Å². The Labute approximate surface area is 89.4 Å². The molecule has 0 bridgehead atoms. The van der Waals surface area contributed by atoms with Gasteiger partial charge in [-0.05, 0) is 24.6 Å². The molecule has 3 heteroatoms. The number of nitrogens with two attached hydrogens (primary N) is 1. The smallest absolute Gasteiger partial charge is 0.128 e. The molecule has 0 radical (unpaired) electrons. The minimum absolute atomic E-state index is 0.543. The van der Waals surface area contributed by atoms with Gasteiger partial charge in [0.25, 0.3) is 0 Å². The van der Waals surface area contributed by atoms with E-state index in [-0.39, 0.29) is 0 Å². The molecule has 0 aliphatic carbocycles. The average molecular weight is 204 g/mol. The monoisotopic (exact) mass is 204 g/mol. The van der Waals surface area contributed by atoms with Gasteiger partial charge in [0.15, 0.2) is 0 Å². The molecule has 0 atom stereocenters. The zero-order valence-corrected chi connectivity index (χ0v) is 9.16. The van der Waals surface area contributed by atoms with Gasteiger partial charge < -0.3 is 15.0 Å². The summed E-state index contributed by atoms with van der Waals surface area (Å²) in [4.78, 5) is 0. The van der Waals surface area contributed by atoms with E-state index in [9.17, 15) is 0 Å². The van der Waals surface area contributed by atoms with E-state index in [0.29, 0.717) is 13.2 Å². The molecule has 0 unspecified atom stereocenters. The van der Waals surface area contributed by atoms with Crippen LogP contribution < -0.4 is 10.5 Å². The largest absolute Gasteiger partial charge is 0.493 e. The van der Waals surface area contributed by atoms with Gasteiger partial charge in [0.05, 0.1) is 12.1 Å². The van der Waals surface area contributed by atoms with Crippen LogP contribution in [-0.4, -0.2) is 11.2 Å². The molecule has 0 saturated heterocycles. The molecule has 0 spiro atoms. The van der Waals surface area contributed by atoms with Crippen LogP contribution >= 0.6 is 0 Å². The first-order valence-corrected chi connectivity index (χ1v) is 5.17. The highest BCUT2D eigenvalue weighted by molar-refractivity contribution is 5.89. The Morgan fingerprint density at radius 3 is 2.87 bits per heavy atom. The Morgan fingerprint density at radius 2 is 2.20 bits per heavy atom. The van der Waals surface area contributed by atoms with Gasteiger partial charge in [-0.2, -0.15) is 0 Å². The summed E-state index contributed by atoms with van der Waals surface area (Å²) in [6.45, 7) is 3.21. The quantitative estimate of drug-likeness (QED) is 0.831. The van der Waals surface area contributed by atoms with Crippen LogP contribution in [0.4, 0.5) is 0 Å². The first-order valence-electron chi connectivity index (χ1n) is 5.17. The molecule has 15 heavy (non-hydrogen) atoms. The maximum absolute atomic E-state index is 5.73. The van der Waals surface area contributed by atoms with Crippen LogP contribution in [0.5, 0.6) is 5.75 Å². The number of aryl methyl sites for hydroxylation is 1. The fraction of sp³-hybridized carbons (Fsp3) is 0.333. The fourth-order valence-corrected chi connectivity index (χ4v) is 1.93. The molecule has 0 amide bonds. The van der Waals surface area contributed by atoms with Crippen LogP contribution in [-0.2, 0) is 13.6 Å². The maximum Gasteiger partial charge on any atom is 0.128 e. The second-order valence-electron chi connectivity index (χ2n) is 3.55. The van der Waals surface area contributed by atoms with E-state index < -0.39 is 0 Å². The van der Waals surface area contributed by atoms with Crippen LogP contribution in [0, 0.1) is 0 Å². The number of fused-ring (bicyclic) bond motifs is 1. The second kappa shape index (κ2) is 3.95. The van der Waals surface area contributed by atoms with Crippen molar-refractivity contribution in [3.8, 4) is 5.75 Å². The summed E-state index contributed by atoms with van der Waals surface area (Å²) in [5.41, 5.74) is 8.03. The van der Waals surface area contributed by atoms with Crippen LogP contribution in [0.15, 0.2) is 24.4 Å². The zero-order valence-electron chi connectivity index (χ0n) is 9.16. The van der Waals surface area contributed by atoms with E-state index in [1.807, 2.05) is 26.1 Å². The molecule has 3 nitrogen and oxygen atoms in total. The lowest BCUT2D eigenvalue weighted by atomic mass is 10.1. The summed E-state index contributed by atoms with van der Waals surface area (Å²) in [6.07, 6.45) is 2.06. The van der Waals surface area contributed by atoms with Crippen molar-refractivity contribution in [3.63, 3.8) is 0 Å². The molecule has 0 fully saturated rings. The zero-order chi connectivity index (χ0) is 10.8. The molecule has 0 aliphatic rings. The van der Waals surface area contributed by atoms with Crippen molar-refractivity contribution >= 4 is 10.9 Å². The van der Waals surface area contributed by atoms with Crippen molar-refractivity contribution < 1.29 is 4.74 Å². The van der Waals surface area contributed by atoms with E-state index in [1.165, 1.54) is 5.52 Å². The Kier molecular flexibility index (Phi) is 2.64. The van der Waals surface area contributed by atoms with Crippen molar-refractivity contribution in [2.45, 2.75) is 13.5 Å². The van der Waals surface area contributed by atoms with Crippen molar-refractivity contribution in [3.05, 3.63) is 30.0 Å². The van der Waals surface area contributed by atoms with Gasteiger partial charge in [0.2, 0.25) is 0 Å². The topological polar surface area (TPSA) is 40.2 Å². The van der Waals surface area contributed by atoms with Gasteiger partial charge in [-0.15, -0.1) is 0 Å². The normalized spacial score (nSPS) is 10.9. The first kappa shape index (κ1) is 10.1. The third kappa shape index (κ3) is 1.59. The number of nitrogens with zero attached hydrogens (tertiary/aromatic N) is 1. The molecule has 1 aromatic heterocycles. The first-order chi connectivity index (χ1) is 7.27. The van der Waals surface area contributed by atoms with E-state index in [4.69, 9.17) is 10.5 Å². The summed E-state index contributed by atoms with van der Waals surface area (Å²) >= 11 is 0. The standard InChI is InChI=1S/C12H16N2O/c1-3-15-11-6-4-5-10-12(11)9(7-13)8-14(10)2/h4-6,8H,3,7,13H2,1-2H3. The molecule has 2 N–H and O–H groups in total. The lowest BCUT2D eigenvalue weighted by molar-refractivity contribution is 0.344. The highest BCUT2D eigenvalue weighted by atomic mass is 16.5. The molecule has 0 saturated carbocycles. The van der Waals surface area contributed by atoms with E-state index in [2.05, 4.69) is 16.8 Å². The average Bonchev–Trinajstić information content (AvgIpc) is 2.58. The Hall–Kier alpha value is -1.48. The molecule has 2 aromatic rings. The molecule has 1 heterocycles. The fourth-order valence-electron chi connectivity index (χ4n) is 1.93. The Bertz CT molecular complexity index is 474. The van der Waals surface area contributed by atoms with Crippen LogP contribution in [0.3, 0.4) is 0 Å². The highest BCUT2D eigenvalue weighted by Gasteiger charge is 2.09. The lowest BCUT2D eigenvalue weighted by Gasteiger charge is -2.06. The van der Waals surface area contributed by atoms with Crippen LogP contribution in [0.2, 0.25) is 0 Å². The Morgan fingerprint density at radius 1 is 1.40 bits per heavy atom. The molecule has 0 aliphatic heterocycles. The van der Waals surface area contributed by atoms with Crippen molar-refractivity contribution in [2.24, 2.45) is 12.8 Å². The van der Waals surface area contributed by atoms with Gasteiger partial charge in [-0.1, -0.05) is 6.07 Å². The minimum Gasteiger partial charge on any atom is -0.493 e. The van der Waals surface area contributed by atoms with Gasteiger partial charge in [0.1, 0.15) is 5.75 Å². The van der Waals surface area contributed by atoms with E-state index >= 15 is 0 Å². The summed E-state index contributed by atoms with van der Waals surface area (Å²) in [7, 11) is 2.03. The number of benzene rings is 1. The predicted molar refractivity (Wildman–Crippen MR) is 62.0 cm³/mol. The molecular formula is C12H16N2O. The number of aromatic nitrogens is 1. The summed E-state index contributed by atoms with van der Waals surface area (Å²) in [5, 5.41) is 1.14. The van der Waals surface area contributed by atoms with Crippen LogP contribution in [0.1, 0.15) is 12.5 Å². The number of rotatable bonds is 3. The third-order valence-corrected chi connectivity index (χ3v) is 2.57. The van der Waals surface area contributed by atoms with Crippen LogP contribution in [0.25, 0.3) is 10.9 Å². The van der Waals surface area contributed by atoms with Gasteiger partial charge >= 0.3 is 0 Å². The molecule has 80 valence electrons. The SMILES string of the molecule is CCOc1cccc2c1c(CN)cn2C. The lowest BCUT2D eigenvalue weighted by Crippen LogP contribution is -1.97. The summed E-state index contributed by atoms with van der Waals surface area (Å²) < 4.78 is 7.69. The van der Waals surface area contributed by atoms with Gasteiger partial charge in [-0.25, -0.2) is 0 Å². The number of hydrogen-bond donors (Lipinski definition) is 1. The highest BCUT2D eigenvalue weighted by Crippen LogP contribution is 2.29. The second-order valence-corrected chi connectivity index (χ2v) is 3.55. The molecule has 2 rings (SSSR count). The number of hydrogen-bond acceptors (Lipinski definition) is 2. The van der Waals surface area contributed by atoms with Crippen molar-refractivity contribution in [1.29, 1.82) is 0 Å². The molecular weight excluding hydrogens is 188 g/mol. The molecule has 1 aromatic carbocycles. The maximum atomic E-state index is 5.73. The minimum atomic E-state index is 0.543. The predicted octanol–water partition coefficient (Wildman–Crippen LogP) is 2.04. The van der Waals surface area contributed by atoms with E-state index in [1.54, 1.807) is 0 Å². The van der Waals surface area contributed by atoms with Crippen molar-refractivity contribution in [1.82, 2.24) is 4.57 Å². The Balaban J connectivity index is 2.70. The number of ether oxygens (including phenoxy) is 1. The summed E-state index contributed by atoms with van der Waals surface area (Å²) in [5.74, 6) is 0.927. The van der Waals surface area contributed by atoms with Gasteiger partial charge in [0, 0.05) is 25.2 Å². The third-order valence-electron chi connectivity index (χ3n) is 2.57. The van der Waals surface area contributed by atoms with Crippen molar-refractivity contribution in [2.75, 3.05) is 6.61 Å².